The van der Waals surface area contributed by atoms with E-state index < -0.39 is 12.1 Å². The van der Waals surface area contributed by atoms with E-state index in [1.807, 2.05) is 19.1 Å². The zero-order chi connectivity index (χ0) is 18.7. The molecule has 134 valence electrons. The van der Waals surface area contributed by atoms with E-state index in [2.05, 4.69) is 0 Å². The second-order valence-electron chi connectivity index (χ2n) is 5.80. The van der Waals surface area contributed by atoms with Crippen LogP contribution in [0, 0.1) is 6.92 Å². The number of rotatable bonds is 5. The van der Waals surface area contributed by atoms with E-state index in [9.17, 15) is 15.1 Å². The van der Waals surface area contributed by atoms with E-state index in [0.29, 0.717) is 27.0 Å². The van der Waals surface area contributed by atoms with Crippen molar-refractivity contribution in [3.05, 3.63) is 58.1 Å². The molecule has 2 amide bonds. The smallest absolute Gasteiger partial charge is 0.339 e. The minimum Gasteiger partial charge on any atom is -0.507 e. The quantitative estimate of drug-likeness (QED) is 0.543. The highest BCUT2D eigenvalue weighted by molar-refractivity contribution is 6.30. The summed E-state index contributed by atoms with van der Waals surface area (Å²) in [6.45, 7) is 5.14. The van der Waals surface area contributed by atoms with Gasteiger partial charge in [-0.2, -0.15) is 5.06 Å². The third-order valence-electron chi connectivity index (χ3n) is 4.10. The van der Waals surface area contributed by atoms with Crippen LogP contribution < -0.4 is 10.5 Å². The number of benzene rings is 2. The van der Waals surface area contributed by atoms with Crippen molar-refractivity contribution in [2.75, 3.05) is 0 Å². The first-order valence-electron chi connectivity index (χ1n) is 7.74. The third-order valence-corrected chi connectivity index (χ3v) is 4.35. The van der Waals surface area contributed by atoms with E-state index >= 15 is 0 Å². The summed E-state index contributed by atoms with van der Waals surface area (Å²) in [6, 6.07) is 8.78. The van der Waals surface area contributed by atoms with Gasteiger partial charge in [0.15, 0.2) is 0 Å². The summed E-state index contributed by atoms with van der Waals surface area (Å²) >= 11 is 5.89. The molecule has 6 nitrogen and oxygen atoms in total. The van der Waals surface area contributed by atoms with Crippen LogP contribution in [-0.2, 0) is 0 Å². The largest absolute Gasteiger partial charge is 0.507 e. The first-order valence-corrected chi connectivity index (χ1v) is 8.12. The van der Waals surface area contributed by atoms with Crippen molar-refractivity contribution in [3.8, 4) is 11.5 Å². The summed E-state index contributed by atoms with van der Waals surface area (Å²) in [5.74, 6) is 0.438. The Balaban J connectivity index is 2.24. The average molecular weight is 365 g/mol. The van der Waals surface area contributed by atoms with Crippen LogP contribution in [0.4, 0.5) is 4.79 Å². The summed E-state index contributed by atoms with van der Waals surface area (Å²) < 4.78 is 5.92. The number of halogens is 1. The molecule has 0 aliphatic rings. The lowest BCUT2D eigenvalue weighted by molar-refractivity contribution is -0.0714. The van der Waals surface area contributed by atoms with Gasteiger partial charge in [0.2, 0.25) is 0 Å². The van der Waals surface area contributed by atoms with Gasteiger partial charge < -0.3 is 15.6 Å². The molecule has 0 aromatic heterocycles. The highest BCUT2D eigenvalue weighted by Gasteiger charge is 2.23. The Kier molecular flexibility index (Phi) is 5.77. The fourth-order valence-corrected chi connectivity index (χ4v) is 2.61. The number of amides is 2. The van der Waals surface area contributed by atoms with Crippen LogP contribution in [-0.4, -0.2) is 21.4 Å². The van der Waals surface area contributed by atoms with E-state index in [4.69, 9.17) is 22.1 Å². The lowest BCUT2D eigenvalue weighted by Gasteiger charge is -2.24. The van der Waals surface area contributed by atoms with Gasteiger partial charge in [0, 0.05) is 16.1 Å². The molecule has 0 saturated carbocycles. The number of hydroxylamine groups is 2. The summed E-state index contributed by atoms with van der Waals surface area (Å²) in [4.78, 5) is 11.1. The lowest BCUT2D eigenvalue weighted by atomic mass is 10.0. The normalized spacial score (nSPS) is 13.2. The molecule has 0 heterocycles. The molecular weight excluding hydrogens is 344 g/mol. The molecule has 0 spiro atoms. The monoisotopic (exact) mass is 364 g/mol. The zero-order valence-electron chi connectivity index (χ0n) is 14.2. The van der Waals surface area contributed by atoms with Crippen molar-refractivity contribution >= 4 is 17.6 Å². The van der Waals surface area contributed by atoms with E-state index in [1.54, 1.807) is 38.1 Å². The Morgan fingerprint density at radius 1 is 1.20 bits per heavy atom. The molecule has 2 atom stereocenters. The fourth-order valence-electron chi connectivity index (χ4n) is 2.48. The molecule has 0 bridgehead atoms. The molecule has 2 rings (SSSR count). The van der Waals surface area contributed by atoms with Gasteiger partial charge in [-0.15, -0.1) is 0 Å². The molecule has 0 fully saturated rings. The van der Waals surface area contributed by atoms with Crippen LogP contribution in [0.2, 0.25) is 5.02 Å². The van der Waals surface area contributed by atoms with Crippen molar-refractivity contribution in [1.29, 1.82) is 0 Å². The van der Waals surface area contributed by atoms with Crippen LogP contribution in [0.15, 0.2) is 36.4 Å². The van der Waals surface area contributed by atoms with Crippen LogP contribution in [0.1, 0.15) is 42.7 Å². The molecule has 0 aliphatic carbocycles. The first kappa shape index (κ1) is 18.9. The number of hydrogen-bond donors (Lipinski definition) is 3. The number of carbonyl (C=O) groups excluding carboxylic acids is 1. The van der Waals surface area contributed by atoms with Gasteiger partial charge in [0.25, 0.3) is 0 Å². The average Bonchev–Trinajstić information content (AvgIpc) is 2.58. The van der Waals surface area contributed by atoms with Crippen LogP contribution in [0.3, 0.4) is 0 Å². The summed E-state index contributed by atoms with van der Waals surface area (Å²) in [7, 11) is 0. The molecule has 0 saturated heterocycles. The predicted molar refractivity (Wildman–Crippen MR) is 95.0 cm³/mol. The summed E-state index contributed by atoms with van der Waals surface area (Å²) in [5.41, 5.74) is 6.86. The predicted octanol–water partition coefficient (Wildman–Crippen LogP) is 4.32. The number of ether oxygens (including phenoxy) is 1. The van der Waals surface area contributed by atoms with Gasteiger partial charge in [-0.3, -0.25) is 5.21 Å². The van der Waals surface area contributed by atoms with Crippen LogP contribution in [0.25, 0.3) is 0 Å². The third kappa shape index (κ3) is 4.15. The molecular formula is C18H21ClN2O4. The fraction of sp³-hybridized carbons (Fsp3) is 0.278. The molecule has 0 aliphatic heterocycles. The van der Waals surface area contributed by atoms with E-state index in [1.165, 1.54) is 0 Å². The first-order chi connectivity index (χ1) is 11.7. The van der Waals surface area contributed by atoms with Gasteiger partial charge in [-0.05, 0) is 50.6 Å². The number of nitrogens with two attached hydrogens (primary N) is 1. The number of phenols is 1. The minimum atomic E-state index is -0.999. The van der Waals surface area contributed by atoms with Crippen molar-refractivity contribution in [2.45, 2.75) is 32.9 Å². The van der Waals surface area contributed by atoms with Crippen molar-refractivity contribution in [2.24, 2.45) is 5.73 Å². The second kappa shape index (κ2) is 7.63. The van der Waals surface area contributed by atoms with E-state index in [-0.39, 0.29) is 11.9 Å². The van der Waals surface area contributed by atoms with Gasteiger partial charge in [-0.1, -0.05) is 23.7 Å². The number of phenolic OH excluding ortho intramolecular Hbond substituents is 1. The minimum absolute atomic E-state index is 0.0615. The van der Waals surface area contributed by atoms with E-state index in [0.717, 1.165) is 5.56 Å². The Bertz CT molecular complexity index is 764. The van der Waals surface area contributed by atoms with Crippen LogP contribution in [0.5, 0.6) is 11.5 Å². The molecule has 25 heavy (non-hydrogen) atoms. The highest BCUT2D eigenvalue weighted by atomic mass is 35.5. The topological polar surface area (TPSA) is 96.0 Å². The zero-order valence-corrected chi connectivity index (χ0v) is 15.0. The Labute approximate surface area is 151 Å². The Hall–Kier alpha value is -2.44. The molecule has 4 N–H and O–H groups in total. The van der Waals surface area contributed by atoms with Gasteiger partial charge in [0.05, 0.1) is 6.04 Å². The van der Waals surface area contributed by atoms with Crippen molar-refractivity contribution < 1.29 is 19.8 Å². The maximum absolute atomic E-state index is 11.1. The number of aromatic hydroxyl groups is 1. The second-order valence-corrected chi connectivity index (χ2v) is 6.23. The maximum atomic E-state index is 11.1. The van der Waals surface area contributed by atoms with Gasteiger partial charge in [-0.25, -0.2) is 4.79 Å². The Morgan fingerprint density at radius 2 is 1.80 bits per heavy atom. The maximum Gasteiger partial charge on any atom is 0.339 e. The Morgan fingerprint density at radius 3 is 2.36 bits per heavy atom. The molecule has 2 unspecified atom stereocenters. The summed E-state index contributed by atoms with van der Waals surface area (Å²) in [5, 5.41) is 21.1. The number of urea groups is 1. The standard InChI is InChI=1S/C18H21ClN2O4/c1-10-16(25-12(3)13-4-6-14(19)7-5-13)9-8-15(17(10)22)11(2)21(24)18(20)23/h4-9,11-12,22,24H,1-3H3,(H2,20,23). The van der Waals surface area contributed by atoms with Gasteiger partial charge in [0.1, 0.15) is 17.6 Å². The van der Waals surface area contributed by atoms with Crippen molar-refractivity contribution in [3.63, 3.8) is 0 Å². The SMILES string of the molecule is Cc1c(OC(C)c2ccc(Cl)cc2)ccc(C(C)N(O)C(N)=O)c1O. The molecule has 2 aromatic rings. The lowest BCUT2D eigenvalue weighted by Crippen LogP contribution is -2.34. The summed E-state index contributed by atoms with van der Waals surface area (Å²) in [6.07, 6.45) is -0.251. The van der Waals surface area contributed by atoms with Crippen molar-refractivity contribution in [1.82, 2.24) is 5.06 Å². The highest BCUT2D eigenvalue weighted by Crippen LogP contribution is 2.37. The number of nitrogens with zero attached hydrogens (tertiary/aromatic N) is 1. The molecule has 2 aromatic carbocycles. The molecule has 0 radical (unpaired) electrons. The van der Waals surface area contributed by atoms with Crippen LogP contribution >= 0.6 is 11.6 Å². The molecule has 7 heteroatoms. The number of hydrogen-bond acceptors (Lipinski definition) is 4. The number of carbonyl (C=O) groups is 1. The number of primary amides is 1. The van der Waals surface area contributed by atoms with Gasteiger partial charge >= 0.3 is 6.03 Å².